The van der Waals surface area contributed by atoms with Gasteiger partial charge in [-0.25, -0.2) is 0 Å². The number of nitrogens with zero attached hydrogens (tertiary/aromatic N) is 1. The van der Waals surface area contributed by atoms with Gasteiger partial charge in [0.25, 0.3) is 5.69 Å². The van der Waals surface area contributed by atoms with Gasteiger partial charge in [-0.05, 0) is 0 Å². The first-order valence-electron chi connectivity index (χ1n) is 5.02. The number of benzene rings is 1. The molecule has 1 aromatic rings. The zero-order valence-corrected chi connectivity index (χ0v) is 9.62. The van der Waals surface area contributed by atoms with Crippen LogP contribution in [0, 0.1) is 10.1 Å². The van der Waals surface area contributed by atoms with Gasteiger partial charge in [-0.15, -0.1) is 0 Å². The highest BCUT2D eigenvalue weighted by atomic mass is 16.6. The van der Waals surface area contributed by atoms with E-state index in [4.69, 9.17) is 9.47 Å². The van der Waals surface area contributed by atoms with E-state index in [0.29, 0.717) is 12.6 Å². The van der Waals surface area contributed by atoms with E-state index in [0.717, 1.165) is 6.07 Å². The van der Waals surface area contributed by atoms with Gasteiger partial charge >= 0.3 is 0 Å². The second kappa shape index (κ2) is 6.33. The molecule has 0 saturated carbocycles. The Labute approximate surface area is 102 Å². The van der Waals surface area contributed by atoms with Crippen molar-refractivity contribution in [1.29, 1.82) is 0 Å². The van der Waals surface area contributed by atoms with Crippen LogP contribution < -0.4 is 9.47 Å². The maximum atomic E-state index is 10.8. The smallest absolute Gasteiger partial charge is 0.283 e. The van der Waals surface area contributed by atoms with Crippen molar-refractivity contribution >= 4 is 18.3 Å². The van der Waals surface area contributed by atoms with Crippen molar-refractivity contribution in [3.05, 3.63) is 27.8 Å². The van der Waals surface area contributed by atoms with Gasteiger partial charge < -0.3 is 14.3 Å². The summed E-state index contributed by atoms with van der Waals surface area (Å²) in [5, 5.41) is 10.8. The Morgan fingerprint density at radius 1 is 1.33 bits per heavy atom. The first-order valence-corrected chi connectivity index (χ1v) is 5.02. The summed E-state index contributed by atoms with van der Waals surface area (Å²) < 4.78 is 10.1. The fourth-order valence-corrected chi connectivity index (χ4v) is 1.31. The molecule has 1 rings (SSSR count). The largest absolute Gasteiger partial charge is 0.493 e. The summed E-state index contributed by atoms with van der Waals surface area (Å²) in [7, 11) is 1.35. The van der Waals surface area contributed by atoms with Crippen molar-refractivity contribution in [2.45, 2.75) is 6.42 Å². The zero-order chi connectivity index (χ0) is 13.5. The summed E-state index contributed by atoms with van der Waals surface area (Å²) in [6, 6.07) is 2.33. The molecule has 0 unspecified atom stereocenters. The minimum atomic E-state index is -0.685. The Hall–Kier alpha value is -2.44. The first kappa shape index (κ1) is 13.6. The van der Waals surface area contributed by atoms with Gasteiger partial charge in [-0.3, -0.25) is 14.9 Å². The highest BCUT2D eigenvalue weighted by Crippen LogP contribution is 2.33. The van der Waals surface area contributed by atoms with Crippen LogP contribution in [0.1, 0.15) is 16.8 Å². The van der Waals surface area contributed by atoms with Crippen molar-refractivity contribution in [2.24, 2.45) is 0 Å². The predicted molar refractivity (Wildman–Crippen MR) is 61.2 cm³/mol. The first-order chi connectivity index (χ1) is 8.63. The lowest BCUT2D eigenvalue weighted by atomic mass is 10.1. The summed E-state index contributed by atoms with van der Waals surface area (Å²) in [6.07, 6.45) is 1.20. The number of hydrogen-bond acceptors (Lipinski definition) is 6. The van der Waals surface area contributed by atoms with Crippen molar-refractivity contribution in [2.75, 3.05) is 13.7 Å². The van der Waals surface area contributed by atoms with Gasteiger partial charge in [0.05, 0.1) is 30.3 Å². The molecule has 0 spiro atoms. The number of ether oxygens (including phenoxy) is 2. The summed E-state index contributed by atoms with van der Waals surface area (Å²) in [5.74, 6) is 0.324. The summed E-state index contributed by atoms with van der Waals surface area (Å²) >= 11 is 0. The van der Waals surface area contributed by atoms with Crippen molar-refractivity contribution in [3.8, 4) is 11.5 Å². The number of carbonyl (C=O) groups is 2. The molecule has 0 aliphatic rings. The molecule has 0 amide bonds. The number of aldehydes is 2. The predicted octanol–water partition coefficient (Wildman–Crippen LogP) is 1.38. The molecule has 0 aromatic heterocycles. The van der Waals surface area contributed by atoms with E-state index in [1.54, 1.807) is 0 Å². The summed E-state index contributed by atoms with van der Waals surface area (Å²) in [4.78, 5) is 31.0. The average molecular weight is 253 g/mol. The summed E-state index contributed by atoms with van der Waals surface area (Å²) in [6.45, 7) is 0.0808. The highest BCUT2D eigenvalue weighted by molar-refractivity contribution is 5.83. The van der Waals surface area contributed by atoms with Gasteiger partial charge in [-0.2, -0.15) is 0 Å². The minimum absolute atomic E-state index is 0.0808. The third kappa shape index (κ3) is 3.03. The Kier molecular flexibility index (Phi) is 4.79. The minimum Gasteiger partial charge on any atom is -0.493 e. The number of carbonyl (C=O) groups excluding carboxylic acids is 2. The molecule has 0 radical (unpaired) electrons. The van der Waals surface area contributed by atoms with Crippen molar-refractivity contribution in [1.82, 2.24) is 0 Å². The topological polar surface area (TPSA) is 95.7 Å². The molecule has 0 aliphatic carbocycles. The molecular weight excluding hydrogens is 242 g/mol. The third-order valence-electron chi connectivity index (χ3n) is 2.13. The monoisotopic (exact) mass is 253 g/mol. The van der Waals surface area contributed by atoms with Gasteiger partial charge in [-0.1, -0.05) is 0 Å². The molecule has 0 heterocycles. The van der Waals surface area contributed by atoms with Gasteiger partial charge in [0.15, 0.2) is 17.8 Å². The average Bonchev–Trinajstić information content (AvgIpc) is 2.38. The van der Waals surface area contributed by atoms with Crippen LogP contribution in [-0.4, -0.2) is 31.2 Å². The molecule has 0 bridgehead atoms. The highest BCUT2D eigenvalue weighted by Gasteiger charge is 2.19. The van der Waals surface area contributed by atoms with Crippen LogP contribution in [0.15, 0.2) is 12.1 Å². The van der Waals surface area contributed by atoms with Gasteiger partial charge in [0, 0.05) is 12.5 Å². The maximum absolute atomic E-state index is 10.8. The van der Waals surface area contributed by atoms with Crippen LogP contribution in [-0.2, 0) is 4.79 Å². The van der Waals surface area contributed by atoms with E-state index in [1.807, 2.05) is 0 Å². The van der Waals surface area contributed by atoms with Crippen molar-refractivity contribution in [3.63, 3.8) is 0 Å². The molecule has 0 N–H and O–H groups in total. The Bertz CT molecular complexity index is 471. The van der Waals surface area contributed by atoms with Gasteiger partial charge in [0.1, 0.15) is 6.29 Å². The van der Waals surface area contributed by atoms with Crippen LogP contribution in [0.25, 0.3) is 0 Å². The Balaban J connectivity index is 3.14. The van der Waals surface area contributed by atoms with Crippen molar-refractivity contribution < 1.29 is 24.0 Å². The standard InChI is InChI=1S/C11H11NO6/c1-17-10-5-8(7-14)9(12(15)16)6-11(10)18-4-2-3-13/h3,5-7H,2,4H2,1H3. The lowest BCUT2D eigenvalue weighted by Gasteiger charge is -2.10. The van der Waals surface area contributed by atoms with Crippen LogP contribution in [0.4, 0.5) is 5.69 Å². The number of methoxy groups -OCH3 is 1. The van der Waals surface area contributed by atoms with E-state index in [1.165, 1.54) is 13.2 Å². The van der Waals surface area contributed by atoms with Crippen LogP contribution in [0.5, 0.6) is 11.5 Å². The number of hydrogen-bond donors (Lipinski definition) is 0. The lowest BCUT2D eigenvalue weighted by molar-refractivity contribution is -0.385. The molecule has 0 atom stereocenters. The van der Waals surface area contributed by atoms with E-state index >= 15 is 0 Å². The summed E-state index contributed by atoms with van der Waals surface area (Å²) in [5.41, 5.74) is -0.466. The van der Waals surface area contributed by atoms with E-state index in [2.05, 4.69) is 0 Å². The molecule has 0 fully saturated rings. The third-order valence-corrected chi connectivity index (χ3v) is 2.13. The number of rotatable bonds is 7. The Morgan fingerprint density at radius 2 is 2.06 bits per heavy atom. The SMILES string of the molecule is COc1cc(C=O)c([N+](=O)[O-])cc1OCCC=O. The molecule has 7 heteroatoms. The van der Waals surface area contributed by atoms with E-state index < -0.39 is 4.92 Å². The fraction of sp³-hybridized carbons (Fsp3) is 0.273. The van der Waals surface area contributed by atoms with Crippen LogP contribution in [0.2, 0.25) is 0 Å². The second-order valence-corrected chi connectivity index (χ2v) is 3.24. The number of nitro benzene ring substituents is 1. The van der Waals surface area contributed by atoms with E-state index in [9.17, 15) is 19.7 Å². The second-order valence-electron chi connectivity index (χ2n) is 3.24. The molecule has 96 valence electrons. The maximum Gasteiger partial charge on any atom is 0.283 e. The molecule has 7 nitrogen and oxygen atoms in total. The number of nitro groups is 1. The van der Waals surface area contributed by atoms with Crippen LogP contribution >= 0.6 is 0 Å². The molecule has 1 aromatic carbocycles. The van der Waals surface area contributed by atoms with Gasteiger partial charge in [0.2, 0.25) is 0 Å². The zero-order valence-electron chi connectivity index (χ0n) is 9.62. The Morgan fingerprint density at radius 3 is 2.56 bits per heavy atom. The fourth-order valence-electron chi connectivity index (χ4n) is 1.31. The molecule has 0 saturated heterocycles. The normalized spacial score (nSPS) is 9.61. The van der Waals surface area contributed by atoms with Crippen LogP contribution in [0.3, 0.4) is 0 Å². The van der Waals surface area contributed by atoms with E-state index in [-0.39, 0.29) is 35.8 Å². The molecule has 0 aliphatic heterocycles. The molecule has 18 heavy (non-hydrogen) atoms. The lowest BCUT2D eigenvalue weighted by Crippen LogP contribution is -2.02. The quantitative estimate of drug-likeness (QED) is 0.315. The molecular formula is C11H11NO6.